The fraction of sp³-hybridized carbons (Fsp3) is 0.333. The molecule has 0 aliphatic heterocycles. The molecule has 5 heteroatoms. The third-order valence-corrected chi connectivity index (χ3v) is 3.01. The molecule has 1 aromatic carbocycles. The van der Waals surface area contributed by atoms with Crippen molar-refractivity contribution in [2.24, 2.45) is 0 Å². The van der Waals surface area contributed by atoms with Crippen molar-refractivity contribution in [2.45, 2.75) is 25.3 Å². The number of aromatic nitrogens is 4. The molecule has 0 amide bonds. The van der Waals surface area contributed by atoms with E-state index in [2.05, 4.69) is 15.4 Å². The number of ketones is 1. The molecule has 0 radical (unpaired) electrons. The lowest BCUT2D eigenvalue weighted by Crippen LogP contribution is -2.09. The first-order chi connectivity index (χ1) is 8.33. The van der Waals surface area contributed by atoms with Gasteiger partial charge in [-0.1, -0.05) is 30.3 Å². The molecule has 1 unspecified atom stereocenters. The van der Waals surface area contributed by atoms with Crippen molar-refractivity contribution in [1.82, 2.24) is 20.2 Å². The molecule has 1 atom stereocenters. The molecule has 1 fully saturated rings. The standard InChI is InChI=1S/C12H12N4O/c17-11-7-6-10(8-11)16-14-12(13-15-16)9-4-2-1-3-5-9/h1-5,10H,6-8H2. The van der Waals surface area contributed by atoms with Gasteiger partial charge < -0.3 is 0 Å². The van der Waals surface area contributed by atoms with Gasteiger partial charge in [0.2, 0.25) is 5.82 Å². The Kier molecular flexibility index (Phi) is 2.44. The molecule has 5 nitrogen and oxygen atoms in total. The molecular weight excluding hydrogens is 216 g/mol. The number of tetrazole rings is 1. The van der Waals surface area contributed by atoms with Crippen molar-refractivity contribution in [3.8, 4) is 11.4 Å². The number of rotatable bonds is 2. The normalized spacial score (nSPS) is 19.8. The second-order valence-corrected chi connectivity index (χ2v) is 4.23. The maximum absolute atomic E-state index is 11.2. The van der Waals surface area contributed by atoms with Crippen molar-refractivity contribution < 1.29 is 4.79 Å². The Bertz CT molecular complexity index is 534. The van der Waals surface area contributed by atoms with E-state index in [-0.39, 0.29) is 11.8 Å². The van der Waals surface area contributed by atoms with Crippen LogP contribution in [0.25, 0.3) is 11.4 Å². The van der Waals surface area contributed by atoms with Gasteiger partial charge in [0.25, 0.3) is 0 Å². The van der Waals surface area contributed by atoms with Crippen molar-refractivity contribution >= 4 is 5.78 Å². The average molecular weight is 228 g/mol. The number of hydrogen-bond donors (Lipinski definition) is 0. The van der Waals surface area contributed by atoms with Crippen LogP contribution in [0.15, 0.2) is 30.3 Å². The van der Waals surface area contributed by atoms with Crippen LogP contribution < -0.4 is 0 Å². The van der Waals surface area contributed by atoms with Gasteiger partial charge in [0.05, 0.1) is 6.04 Å². The smallest absolute Gasteiger partial charge is 0.204 e. The highest BCUT2D eigenvalue weighted by molar-refractivity contribution is 5.80. The maximum atomic E-state index is 11.2. The van der Waals surface area contributed by atoms with Crippen LogP contribution in [0.1, 0.15) is 25.3 Å². The second kappa shape index (κ2) is 4.08. The molecule has 2 aromatic rings. The van der Waals surface area contributed by atoms with E-state index in [9.17, 15) is 4.79 Å². The Balaban J connectivity index is 1.86. The van der Waals surface area contributed by atoms with Crippen molar-refractivity contribution in [3.05, 3.63) is 30.3 Å². The van der Waals surface area contributed by atoms with Crippen molar-refractivity contribution in [2.75, 3.05) is 0 Å². The van der Waals surface area contributed by atoms with Gasteiger partial charge in [0.1, 0.15) is 5.78 Å². The number of Topliss-reactive ketones (excluding diaryl/α,β-unsaturated/α-hetero) is 1. The molecule has 0 spiro atoms. The molecule has 1 aliphatic rings. The molecule has 0 bridgehead atoms. The Labute approximate surface area is 98.5 Å². The minimum Gasteiger partial charge on any atom is -0.300 e. The highest BCUT2D eigenvalue weighted by Gasteiger charge is 2.25. The largest absolute Gasteiger partial charge is 0.300 e. The first kappa shape index (κ1) is 10.1. The Morgan fingerprint density at radius 2 is 2.06 bits per heavy atom. The minimum absolute atomic E-state index is 0.0902. The third kappa shape index (κ3) is 1.95. The van der Waals surface area contributed by atoms with Gasteiger partial charge >= 0.3 is 0 Å². The van der Waals surface area contributed by atoms with Crippen LogP contribution in [0, 0.1) is 0 Å². The van der Waals surface area contributed by atoms with Gasteiger partial charge in [-0.05, 0) is 11.6 Å². The van der Waals surface area contributed by atoms with Gasteiger partial charge in [0.15, 0.2) is 0 Å². The SMILES string of the molecule is O=C1CCC(n2nnc(-c3ccccc3)n2)C1. The van der Waals surface area contributed by atoms with Crippen LogP contribution in [-0.4, -0.2) is 26.0 Å². The Morgan fingerprint density at radius 1 is 1.24 bits per heavy atom. The predicted octanol–water partition coefficient (Wildman–Crippen LogP) is 1.63. The summed E-state index contributed by atoms with van der Waals surface area (Å²) >= 11 is 0. The fourth-order valence-corrected chi connectivity index (χ4v) is 2.07. The average Bonchev–Trinajstić information content (AvgIpc) is 2.98. The van der Waals surface area contributed by atoms with Crippen LogP contribution >= 0.6 is 0 Å². The summed E-state index contributed by atoms with van der Waals surface area (Å²) in [5, 5.41) is 12.4. The van der Waals surface area contributed by atoms with E-state index in [1.165, 1.54) is 0 Å². The fourth-order valence-electron chi connectivity index (χ4n) is 2.07. The molecule has 1 aliphatic carbocycles. The number of hydrogen-bond acceptors (Lipinski definition) is 4. The van der Waals surface area contributed by atoms with E-state index in [0.717, 1.165) is 12.0 Å². The summed E-state index contributed by atoms with van der Waals surface area (Å²) in [5.74, 6) is 0.901. The van der Waals surface area contributed by atoms with Crippen LogP contribution in [-0.2, 0) is 4.79 Å². The predicted molar refractivity (Wildman–Crippen MR) is 61.1 cm³/mol. The molecule has 86 valence electrons. The topological polar surface area (TPSA) is 60.7 Å². The molecule has 1 heterocycles. The number of carbonyl (C=O) groups is 1. The summed E-state index contributed by atoms with van der Waals surface area (Å²) in [6, 6.07) is 9.81. The molecule has 17 heavy (non-hydrogen) atoms. The van der Waals surface area contributed by atoms with Crippen LogP contribution in [0.5, 0.6) is 0 Å². The van der Waals surface area contributed by atoms with Gasteiger partial charge in [-0.3, -0.25) is 4.79 Å². The van der Waals surface area contributed by atoms with Crippen LogP contribution in [0.3, 0.4) is 0 Å². The van der Waals surface area contributed by atoms with Crippen molar-refractivity contribution in [1.29, 1.82) is 0 Å². The van der Waals surface area contributed by atoms with Gasteiger partial charge in [-0.2, -0.15) is 4.80 Å². The maximum Gasteiger partial charge on any atom is 0.204 e. The number of benzene rings is 1. The number of nitrogens with zero attached hydrogens (tertiary/aromatic N) is 4. The minimum atomic E-state index is 0.0902. The Hall–Kier alpha value is -2.04. The molecule has 1 saturated carbocycles. The first-order valence-corrected chi connectivity index (χ1v) is 5.69. The zero-order valence-electron chi connectivity index (χ0n) is 9.28. The number of carbonyl (C=O) groups excluding carboxylic acids is 1. The molecule has 0 saturated heterocycles. The highest BCUT2D eigenvalue weighted by Crippen LogP contribution is 2.25. The summed E-state index contributed by atoms with van der Waals surface area (Å²) < 4.78 is 0. The summed E-state index contributed by atoms with van der Waals surface area (Å²) in [5.41, 5.74) is 0.947. The lowest BCUT2D eigenvalue weighted by atomic mass is 10.2. The monoisotopic (exact) mass is 228 g/mol. The molecular formula is C12H12N4O. The van der Waals surface area contributed by atoms with Gasteiger partial charge in [0, 0.05) is 18.4 Å². The second-order valence-electron chi connectivity index (χ2n) is 4.23. The zero-order valence-corrected chi connectivity index (χ0v) is 9.28. The van der Waals surface area contributed by atoms with E-state index in [1.807, 2.05) is 30.3 Å². The van der Waals surface area contributed by atoms with Crippen molar-refractivity contribution in [3.63, 3.8) is 0 Å². The Morgan fingerprint density at radius 3 is 2.76 bits per heavy atom. The highest BCUT2D eigenvalue weighted by atomic mass is 16.1. The van der Waals surface area contributed by atoms with E-state index in [1.54, 1.807) is 4.80 Å². The molecule has 3 rings (SSSR count). The summed E-state index contributed by atoms with van der Waals surface area (Å²) in [6.45, 7) is 0. The van der Waals surface area contributed by atoms with E-state index in [0.29, 0.717) is 18.7 Å². The first-order valence-electron chi connectivity index (χ1n) is 5.69. The van der Waals surface area contributed by atoms with Gasteiger partial charge in [-0.25, -0.2) is 0 Å². The summed E-state index contributed by atoms with van der Waals surface area (Å²) in [4.78, 5) is 12.8. The molecule has 1 aromatic heterocycles. The van der Waals surface area contributed by atoms with Gasteiger partial charge in [-0.15, -0.1) is 10.2 Å². The lowest BCUT2D eigenvalue weighted by molar-refractivity contribution is -0.117. The summed E-state index contributed by atoms with van der Waals surface area (Å²) in [7, 11) is 0. The quantitative estimate of drug-likeness (QED) is 0.783. The van der Waals surface area contributed by atoms with Crippen LogP contribution in [0.2, 0.25) is 0 Å². The van der Waals surface area contributed by atoms with E-state index >= 15 is 0 Å². The summed E-state index contributed by atoms with van der Waals surface area (Å²) in [6.07, 6.45) is 1.99. The van der Waals surface area contributed by atoms with E-state index in [4.69, 9.17) is 0 Å². The van der Waals surface area contributed by atoms with E-state index < -0.39 is 0 Å². The third-order valence-electron chi connectivity index (χ3n) is 3.01. The van der Waals surface area contributed by atoms with Crippen LogP contribution in [0.4, 0.5) is 0 Å². The molecule has 0 N–H and O–H groups in total. The zero-order chi connectivity index (χ0) is 11.7. The lowest BCUT2D eigenvalue weighted by Gasteiger charge is -2.03.